The van der Waals surface area contributed by atoms with Crippen LogP contribution in [0.3, 0.4) is 0 Å². The molecule has 1 aromatic carbocycles. The number of amides is 1. The van der Waals surface area contributed by atoms with E-state index in [0.29, 0.717) is 10.6 Å². The fraction of sp³-hybridized carbons (Fsp3) is 0.389. The molecule has 1 amide bonds. The van der Waals surface area contributed by atoms with Crippen molar-refractivity contribution in [3.63, 3.8) is 0 Å². The third kappa shape index (κ3) is 4.00. The summed E-state index contributed by atoms with van der Waals surface area (Å²) in [5.41, 5.74) is 0.797. The Morgan fingerprint density at radius 1 is 1.29 bits per heavy atom. The summed E-state index contributed by atoms with van der Waals surface area (Å²) < 4.78 is 0. The number of hydrogen-bond donors (Lipinski definition) is 2. The van der Waals surface area contributed by atoms with E-state index >= 15 is 0 Å². The lowest BCUT2D eigenvalue weighted by Gasteiger charge is -2.33. The van der Waals surface area contributed by atoms with Gasteiger partial charge in [-0.05, 0) is 19.8 Å². The van der Waals surface area contributed by atoms with Crippen LogP contribution in [0.4, 0.5) is 0 Å². The van der Waals surface area contributed by atoms with Crippen molar-refractivity contribution in [3.05, 3.63) is 40.9 Å². The van der Waals surface area contributed by atoms with E-state index in [0.717, 1.165) is 10.6 Å². The molecule has 0 aliphatic carbocycles. The minimum atomic E-state index is -0.933. The number of carbonyl (C=O) groups excluding carboxylic acids is 1. The van der Waals surface area contributed by atoms with Gasteiger partial charge in [-0.1, -0.05) is 44.2 Å². The van der Waals surface area contributed by atoms with Gasteiger partial charge in [0, 0.05) is 5.56 Å². The summed E-state index contributed by atoms with van der Waals surface area (Å²) >= 11 is 1.32. The van der Waals surface area contributed by atoms with Crippen LogP contribution in [0, 0.1) is 12.8 Å². The Bertz CT molecular complexity index is 740. The smallest absolute Gasteiger partial charge is 0.305 e. The highest BCUT2D eigenvalue weighted by Crippen LogP contribution is 2.29. The van der Waals surface area contributed by atoms with E-state index in [2.05, 4.69) is 10.3 Å². The van der Waals surface area contributed by atoms with Crippen molar-refractivity contribution in [2.24, 2.45) is 5.92 Å². The highest BCUT2D eigenvalue weighted by Gasteiger charge is 2.34. The molecule has 0 saturated carbocycles. The number of carbonyl (C=O) groups is 2. The largest absolute Gasteiger partial charge is 0.481 e. The van der Waals surface area contributed by atoms with Crippen LogP contribution in [0.5, 0.6) is 0 Å². The number of rotatable bonds is 6. The fourth-order valence-corrected chi connectivity index (χ4v) is 3.30. The molecular formula is C18H22N2O3S. The first-order valence-electron chi connectivity index (χ1n) is 7.80. The molecule has 5 nitrogen and oxygen atoms in total. The lowest BCUT2D eigenvalue weighted by Crippen LogP contribution is -2.51. The van der Waals surface area contributed by atoms with Crippen LogP contribution in [0.1, 0.15) is 42.6 Å². The van der Waals surface area contributed by atoms with Crippen molar-refractivity contribution in [3.8, 4) is 10.6 Å². The van der Waals surface area contributed by atoms with Crippen molar-refractivity contribution < 1.29 is 14.7 Å². The van der Waals surface area contributed by atoms with E-state index in [9.17, 15) is 9.59 Å². The van der Waals surface area contributed by atoms with Crippen LogP contribution in [-0.2, 0) is 4.79 Å². The van der Waals surface area contributed by atoms with E-state index in [1.807, 2.05) is 44.2 Å². The SMILES string of the molecule is Cc1nc(-c2ccccc2)sc1C(=O)NC(C)(CC(=O)O)C(C)C. The van der Waals surface area contributed by atoms with Gasteiger partial charge >= 0.3 is 5.97 Å². The second-order valence-electron chi connectivity index (χ2n) is 6.40. The van der Waals surface area contributed by atoms with Crippen molar-refractivity contribution in [2.75, 3.05) is 0 Å². The topological polar surface area (TPSA) is 79.3 Å². The minimum absolute atomic E-state index is 0.0145. The van der Waals surface area contributed by atoms with E-state index in [-0.39, 0.29) is 18.2 Å². The van der Waals surface area contributed by atoms with Gasteiger partial charge in [0.1, 0.15) is 9.88 Å². The molecule has 1 atom stereocenters. The first-order chi connectivity index (χ1) is 11.2. The Hall–Kier alpha value is -2.21. The van der Waals surface area contributed by atoms with Gasteiger partial charge < -0.3 is 10.4 Å². The van der Waals surface area contributed by atoms with Gasteiger partial charge in [-0.3, -0.25) is 9.59 Å². The average Bonchev–Trinajstić information content (AvgIpc) is 2.89. The second kappa shape index (κ2) is 7.13. The average molecular weight is 346 g/mol. The van der Waals surface area contributed by atoms with Crippen molar-refractivity contribution >= 4 is 23.2 Å². The molecule has 1 unspecified atom stereocenters. The zero-order valence-electron chi connectivity index (χ0n) is 14.3. The standard InChI is InChI=1S/C18H22N2O3S/c1-11(2)18(4,10-14(21)22)20-16(23)15-12(3)19-17(24-15)13-8-6-5-7-9-13/h5-9,11H,10H2,1-4H3,(H,20,23)(H,21,22). The van der Waals surface area contributed by atoms with E-state index < -0.39 is 11.5 Å². The molecular weight excluding hydrogens is 324 g/mol. The summed E-state index contributed by atoms with van der Waals surface area (Å²) in [6, 6.07) is 9.67. The van der Waals surface area contributed by atoms with Crippen molar-refractivity contribution in [1.29, 1.82) is 0 Å². The molecule has 24 heavy (non-hydrogen) atoms. The molecule has 6 heteroatoms. The molecule has 128 valence electrons. The van der Waals surface area contributed by atoms with Gasteiger partial charge in [-0.15, -0.1) is 11.3 Å². The lowest BCUT2D eigenvalue weighted by molar-refractivity contribution is -0.138. The third-order valence-electron chi connectivity index (χ3n) is 4.22. The maximum atomic E-state index is 12.7. The molecule has 1 heterocycles. The lowest BCUT2D eigenvalue weighted by atomic mass is 9.85. The first kappa shape index (κ1) is 18.1. The highest BCUT2D eigenvalue weighted by molar-refractivity contribution is 7.17. The van der Waals surface area contributed by atoms with E-state index in [1.54, 1.807) is 13.8 Å². The Balaban J connectivity index is 2.27. The van der Waals surface area contributed by atoms with Gasteiger partial charge in [0.2, 0.25) is 0 Å². The summed E-state index contributed by atoms with van der Waals surface area (Å²) in [7, 11) is 0. The predicted molar refractivity (Wildman–Crippen MR) is 95.2 cm³/mol. The van der Waals surface area contributed by atoms with Gasteiger partial charge in [0.15, 0.2) is 0 Å². The number of aromatic nitrogens is 1. The maximum Gasteiger partial charge on any atom is 0.305 e. The summed E-state index contributed by atoms with van der Waals surface area (Å²) in [5.74, 6) is -1.22. The van der Waals surface area contributed by atoms with Crippen LogP contribution in [0.2, 0.25) is 0 Å². The molecule has 0 aliphatic heterocycles. The van der Waals surface area contributed by atoms with Crippen molar-refractivity contribution in [1.82, 2.24) is 10.3 Å². The van der Waals surface area contributed by atoms with Crippen LogP contribution in [0.25, 0.3) is 10.6 Å². The second-order valence-corrected chi connectivity index (χ2v) is 7.40. The number of aliphatic carboxylic acids is 1. The summed E-state index contributed by atoms with van der Waals surface area (Å²) in [4.78, 5) is 28.8. The number of nitrogens with one attached hydrogen (secondary N) is 1. The van der Waals surface area contributed by atoms with Gasteiger partial charge in [-0.2, -0.15) is 0 Å². The normalized spacial score (nSPS) is 13.5. The zero-order valence-corrected chi connectivity index (χ0v) is 15.1. The van der Waals surface area contributed by atoms with Gasteiger partial charge in [-0.25, -0.2) is 4.98 Å². The summed E-state index contributed by atoms with van der Waals surface area (Å²) in [6.07, 6.45) is -0.125. The first-order valence-corrected chi connectivity index (χ1v) is 8.61. The highest BCUT2D eigenvalue weighted by atomic mass is 32.1. The molecule has 0 fully saturated rings. The third-order valence-corrected chi connectivity index (χ3v) is 5.42. The number of thiazole rings is 1. The zero-order chi connectivity index (χ0) is 17.9. The Kier molecular flexibility index (Phi) is 5.39. The number of carboxylic acid groups (broad SMARTS) is 1. The molecule has 1 aromatic heterocycles. The molecule has 2 rings (SSSR count). The number of benzene rings is 1. The maximum absolute atomic E-state index is 12.7. The molecule has 2 N–H and O–H groups in total. The Labute approximate surface area is 145 Å². The van der Waals surface area contributed by atoms with E-state index in [1.165, 1.54) is 11.3 Å². The molecule has 0 bridgehead atoms. The number of carboxylic acids is 1. The van der Waals surface area contributed by atoms with Gasteiger partial charge in [0.05, 0.1) is 17.7 Å². The summed E-state index contributed by atoms with van der Waals surface area (Å²) in [6.45, 7) is 7.36. The quantitative estimate of drug-likeness (QED) is 0.835. The molecule has 0 saturated heterocycles. The fourth-order valence-electron chi connectivity index (χ4n) is 2.33. The molecule has 0 radical (unpaired) electrons. The molecule has 2 aromatic rings. The Morgan fingerprint density at radius 3 is 2.46 bits per heavy atom. The monoisotopic (exact) mass is 346 g/mol. The van der Waals surface area contributed by atoms with Crippen LogP contribution in [0.15, 0.2) is 30.3 Å². The molecule has 0 aliphatic rings. The Morgan fingerprint density at radius 2 is 1.92 bits per heavy atom. The minimum Gasteiger partial charge on any atom is -0.481 e. The number of aryl methyl sites for hydroxylation is 1. The molecule has 0 spiro atoms. The van der Waals surface area contributed by atoms with Crippen LogP contribution in [-0.4, -0.2) is 27.5 Å². The van der Waals surface area contributed by atoms with Crippen LogP contribution >= 0.6 is 11.3 Å². The summed E-state index contributed by atoms with van der Waals surface area (Å²) in [5, 5.41) is 12.8. The van der Waals surface area contributed by atoms with Crippen LogP contribution < -0.4 is 5.32 Å². The predicted octanol–water partition coefficient (Wildman–Crippen LogP) is 3.74. The van der Waals surface area contributed by atoms with Crippen molar-refractivity contribution in [2.45, 2.75) is 39.7 Å². The van der Waals surface area contributed by atoms with Gasteiger partial charge in [0.25, 0.3) is 5.91 Å². The number of nitrogens with zero attached hydrogens (tertiary/aromatic N) is 1. The van der Waals surface area contributed by atoms with E-state index in [4.69, 9.17) is 5.11 Å². The number of hydrogen-bond acceptors (Lipinski definition) is 4.